The first-order valence-electron chi connectivity index (χ1n) is 6.99. The van der Waals surface area contributed by atoms with Crippen LogP contribution in [0.2, 0.25) is 0 Å². The fourth-order valence-corrected chi connectivity index (χ4v) is 1.49. The van der Waals surface area contributed by atoms with Gasteiger partial charge in [0, 0.05) is 0 Å². The third kappa shape index (κ3) is 4.23. The Bertz CT molecular complexity index is 599. The zero-order valence-corrected chi connectivity index (χ0v) is 14.3. The van der Waals surface area contributed by atoms with Gasteiger partial charge < -0.3 is 10.9 Å². The van der Waals surface area contributed by atoms with Crippen LogP contribution in [0.25, 0.3) is 0 Å². The summed E-state index contributed by atoms with van der Waals surface area (Å²) in [6, 6.07) is 0. The van der Waals surface area contributed by atoms with Crippen molar-refractivity contribution in [2.24, 2.45) is 0 Å². The van der Waals surface area contributed by atoms with Crippen LogP contribution in [0.3, 0.4) is 0 Å². The van der Waals surface area contributed by atoms with Gasteiger partial charge in [0.15, 0.2) is 0 Å². The maximum absolute atomic E-state index is 13.3. The van der Waals surface area contributed by atoms with Crippen LogP contribution in [-0.4, -0.2) is 54.3 Å². The van der Waals surface area contributed by atoms with Crippen LogP contribution in [-0.2, 0) is 9.53 Å². The largest absolute Gasteiger partial charge is 0.461 e. The number of carbonyl (C=O) groups is 1. The fraction of sp³-hybridized carbons (Fsp3) is 0.917. The minimum absolute atomic E-state index is 0. The van der Waals surface area contributed by atoms with Crippen LogP contribution >= 0.6 is 0 Å². The van der Waals surface area contributed by atoms with E-state index in [1.807, 2.05) is 0 Å². The molecule has 0 aliphatic rings. The van der Waals surface area contributed by atoms with Gasteiger partial charge in [0.1, 0.15) is 0 Å². The molecule has 0 heterocycles. The molecule has 0 saturated heterocycles. The lowest BCUT2D eigenvalue weighted by atomic mass is 9.91. The first kappa shape index (κ1) is 30.6. The average molecular weight is 487 g/mol. The molecule has 0 aromatic carbocycles. The first-order chi connectivity index (χ1) is 12.5. The Morgan fingerprint density at radius 1 is 0.633 bits per heavy atom. The Kier molecular flexibility index (Phi) is 8.65. The summed E-state index contributed by atoms with van der Waals surface area (Å²) in [5.41, 5.74) is 0. The molecule has 0 atom stereocenters. The van der Waals surface area contributed by atoms with Crippen LogP contribution in [0, 0.1) is 0 Å². The molecule has 3 N–H and O–H groups in total. The van der Waals surface area contributed by atoms with Crippen molar-refractivity contribution in [3.8, 4) is 0 Å². The number of hydrogen-bond donors (Lipinski definition) is 1. The molecule has 0 amide bonds. The van der Waals surface area contributed by atoms with E-state index in [1.54, 1.807) is 0 Å². The van der Waals surface area contributed by atoms with Crippen LogP contribution in [0.1, 0.15) is 19.8 Å². The Balaban J connectivity index is 0. The van der Waals surface area contributed by atoms with Gasteiger partial charge in [0.25, 0.3) is 0 Å². The third-order valence-electron chi connectivity index (χ3n) is 3.32. The highest BCUT2D eigenvalue weighted by Gasteiger charge is 2.94. The van der Waals surface area contributed by atoms with Crippen molar-refractivity contribution in [2.45, 2.75) is 61.5 Å². The van der Waals surface area contributed by atoms with Crippen molar-refractivity contribution >= 4 is 5.97 Å². The molecule has 0 saturated carbocycles. The summed E-state index contributed by atoms with van der Waals surface area (Å²) >= 11 is 0. The van der Waals surface area contributed by atoms with E-state index in [2.05, 4.69) is 4.74 Å². The van der Waals surface area contributed by atoms with Gasteiger partial charge in [-0.15, -0.1) is 0 Å². The van der Waals surface area contributed by atoms with Crippen molar-refractivity contribution in [3.05, 3.63) is 0 Å². The molecule has 0 unspecified atom stereocenters. The molecule has 0 bridgehead atoms. The maximum atomic E-state index is 13.3. The summed E-state index contributed by atoms with van der Waals surface area (Å²) in [4.78, 5) is 10.8. The molecule has 0 rings (SSSR count). The van der Waals surface area contributed by atoms with Gasteiger partial charge in [0.05, 0.1) is 6.61 Å². The van der Waals surface area contributed by atoms with Gasteiger partial charge in [-0.05, 0) is 6.42 Å². The second-order valence-corrected chi connectivity index (χ2v) is 5.43. The zero-order chi connectivity index (χ0) is 23.9. The zero-order valence-electron chi connectivity index (χ0n) is 14.3. The summed E-state index contributed by atoms with van der Waals surface area (Å²) in [7, 11) is 0. The fourth-order valence-electron chi connectivity index (χ4n) is 1.49. The van der Waals surface area contributed by atoms with Crippen LogP contribution in [0.4, 0.5) is 65.9 Å². The first-order valence-corrected chi connectivity index (χ1v) is 6.99. The summed E-state index contributed by atoms with van der Waals surface area (Å²) in [6.07, 6.45) is -7.97. The number of hydrogen-bond acceptors (Lipinski definition) is 3. The molecule has 0 aliphatic heterocycles. The van der Waals surface area contributed by atoms with Crippen LogP contribution in [0.15, 0.2) is 0 Å². The molecule has 0 aliphatic carbocycles. The number of ether oxygens (including phenoxy) is 1. The molecule has 30 heavy (non-hydrogen) atoms. The molecule has 182 valence electrons. The molecule has 0 aromatic heterocycles. The molecular formula is C12H12F15NO2. The Morgan fingerprint density at radius 2 is 0.967 bits per heavy atom. The lowest BCUT2D eigenvalue weighted by Crippen LogP contribution is -2.73. The lowest BCUT2D eigenvalue weighted by molar-refractivity contribution is -0.450. The summed E-state index contributed by atoms with van der Waals surface area (Å²) in [5.74, 6) is -51.6. The summed E-state index contributed by atoms with van der Waals surface area (Å²) in [6.45, 7) is 0.170. The number of rotatable bonds is 9. The molecule has 0 fully saturated rings. The van der Waals surface area contributed by atoms with Gasteiger partial charge in [-0.1, -0.05) is 13.3 Å². The van der Waals surface area contributed by atoms with Crippen molar-refractivity contribution in [1.29, 1.82) is 0 Å². The average Bonchev–Trinajstić information content (AvgIpc) is 2.52. The van der Waals surface area contributed by atoms with E-state index >= 15 is 0 Å². The predicted molar refractivity (Wildman–Crippen MR) is 66.6 cm³/mol. The second kappa shape index (κ2) is 8.49. The normalized spacial score (nSPS) is 14.9. The number of esters is 1. The molecular weight excluding hydrogens is 475 g/mol. The summed E-state index contributed by atoms with van der Waals surface area (Å²) in [5, 5.41) is 0. The second-order valence-electron chi connectivity index (χ2n) is 5.43. The van der Waals surface area contributed by atoms with E-state index in [4.69, 9.17) is 0 Å². The molecule has 0 aromatic rings. The Labute approximate surface area is 157 Å². The third-order valence-corrected chi connectivity index (χ3v) is 3.32. The number of halogens is 15. The van der Waals surface area contributed by atoms with Gasteiger partial charge in [0.2, 0.25) is 0 Å². The van der Waals surface area contributed by atoms with Gasteiger partial charge in [-0.25, -0.2) is 4.79 Å². The van der Waals surface area contributed by atoms with E-state index < -0.39 is 54.3 Å². The monoisotopic (exact) mass is 487 g/mol. The minimum atomic E-state index is -8.42. The van der Waals surface area contributed by atoms with Gasteiger partial charge >= 0.3 is 47.7 Å². The van der Waals surface area contributed by atoms with Crippen molar-refractivity contribution < 1.29 is 75.4 Å². The minimum Gasteiger partial charge on any atom is -0.461 e. The highest BCUT2D eigenvalue weighted by atomic mass is 19.4. The van der Waals surface area contributed by atoms with E-state index in [0.29, 0.717) is 0 Å². The molecule has 3 nitrogen and oxygen atoms in total. The van der Waals surface area contributed by atoms with E-state index in [1.165, 1.54) is 6.92 Å². The smallest absolute Gasteiger partial charge is 0.460 e. The number of alkyl halides is 15. The lowest BCUT2D eigenvalue weighted by Gasteiger charge is -2.40. The van der Waals surface area contributed by atoms with E-state index in [-0.39, 0.29) is 19.0 Å². The highest BCUT2D eigenvalue weighted by Crippen LogP contribution is 2.62. The summed E-state index contributed by atoms with van der Waals surface area (Å²) < 4.78 is 196. The molecule has 18 heteroatoms. The van der Waals surface area contributed by atoms with Crippen LogP contribution < -0.4 is 6.15 Å². The SMILES string of the molecule is CCCCOC(=O)C(F)(F)C(F)(F)C(F)(F)C(F)(F)C(F)(F)C(F)(F)C(F)(F)F.N. The van der Waals surface area contributed by atoms with Crippen molar-refractivity contribution in [2.75, 3.05) is 6.61 Å². The predicted octanol–water partition coefficient (Wildman–Crippen LogP) is 5.87. The standard InChI is InChI=1S/C12H9F15O2.H3N/c1-2-3-4-29-5(28)6(13,14)7(15,16)8(17,18)9(19,20)10(21,22)11(23,24)12(25,26)27;/h2-4H2,1H3;1H3. The van der Waals surface area contributed by atoms with Gasteiger partial charge in [-0.3, -0.25) is 0 Å². The van der Waals surface area contributed by atoms with Crippen LogP contribution in [0.5, 0.6) is 0 Å². The quantitative estimate of drug-likeness (QED) is 0.252. The Hall–Kier alpha value is -1.62. The molecule has 0 spiro atoms. The maximum Gasteiger partial charge on any atom is 0.460 e. The highest BCUT2D eigenvalue weighted by molar-refractivity contribution is 5.79. The van der Waals surface area contributed by atoms with E-state index in [9.17, 15) is 70.7 Å². The van der Waals surface area contributed by atoms with Crippen molar-refractivity contribution in [3.63, 3.8) is 0 Å². The molecule has 0 radical (unpaired) electrons. The van der Waals surface area contributed by atoms with Crippen molar-refractivity contribution in [1.82, 2.24) is 6.15 Å². The van der Waals surface area contributed by atoms with E-state index in [0.717, 1.165) is 0 Å². The Morgan fingerprint density at radius 3 is 1.30 bits per heavy atom. The van der Waals surface area contributed by atoms with Gasteiger partial charge in [-0.2, -0.15) is 65.9 Å². The number of unbranched alkanes of at least 4 members (excludes halogenated alkanes) is 1. The number of carbonyl (C=O) groups excluding carboxylic acids is 1. The topological polar surface area (TPSA) is 61.3 Å².